The van der Waals surface area contributed by atoms with E-state index in [-0.39, 0.29) is 11.8 Å². The van der Waals surface area contributed by atoms with E-state index in [1.54, 1.807) is 17.3 Å². The van der Waals surface area contributed by atoms with E-state index >= 15 is 0 Å². The lowest BCUT2D eigenvalue weighted by Crippen LogP contribution is -2.24. The fraction of sp³-hybridized carbons (Fsp3) is 0.364. The number of aldehydes is 1. The number of hydrogen-bond acceptors (Lipinski definition) is 3. The van der Waals surface area contributed by atoms with Crippen LogP contribution in [0, 0.1) is 5.92 Å². The molecule has 1 aliphatic rings. The molecule has 78 valence electrons. The van der Waals surface area contributed by atoms with Crippen LogP contribution < -0.4 is 0 Å². The highest BCUT2D eigenvalue weighted by Crippen LogP contribution is 2.17. The van der Waals surface area contributed by atoms with Gasteiger partial charge in [-0.3, -0.25) is 9.78 Å². The minimum atomic E-state index is -0.126. The van der Waals surface area contributed by atoms with Crippen molar-refractivity contribution in [2.45, 2.75) is 13.0 Å². The summed E-state index contributed by atoms with van der Waals surface area (Å²) in [6.45, 7) is 1.12. The summed E-state index contributed by atoms with van der Waals surface area (Å²) in [6.07, 6.45) is 4.62. The molecule has 0 aliphatic carbocycles. The van der Waals surface area contributed by atoms with Gasteiger partial charge in [0.25, 0.3) is 0 Å². The first-order valence-corrected chi connectivity index (χ1v) is 4.91. The number of aromatic nitrogens is 1. The van der Waals surface area contributed by atoms with E-state index in [2.05, 4.69) is 4.98 Å². The molecular formula is C11H12N2O2. The largest absolute Gasteiger partial charge is 0.338 e. The monoisotopic (exact) mass is 204 g/mol. The van der Waals surface area contributed by atoms with Crippen LogP contribution in [-0.4, -0.2) is 28.6 Å². The molecule has 1 fully saturated rings. The summed E-state index contributed by atoms with van der Waals surface area (Å²) in [5.41, 5.74) is 1.05. The zero-order valence-electron chi connectivity index (χ0n) is 8.30. The molecule has 0 N–H and O–H groups in total. The van der Waals surface area contributed by atoms with Crippen LogP contribution in [0.4, 0.5) is 0 Å². The Bertz CT molecular complexity index is 364. The SMILES string of the molecule is O=C[C@@H]1CC(=O)N(Cc2ccncc2)C1. The number of pyridine rings is 1. The van der Waals surface area contributed by atoms with Crippen molar-refractivity contribution in [3.63, 3.8) is 0 Å². The molecule has 1 aromatic rings. The lowest BCUT2D eigenvalue weighted by Gasteiger charge is -2.15. The Labute approximate surface area is 87.9 Å². The predicted octanol–water partition coefficient (Wildman–Crippen LogP) is 0.629. The molecule has 2 heterocycles. The van der Waals surface area contributed by atoms with Gasteiger partial charge in [-0.15, -0.1) is 0 Å². The molecule has 0 bridgehead atoms. The Balaban J connectivity index is 2.01. The molecule has 1 aliphatic heterocycles. The van der Waals surface area contributed by atoms with Crippen molar-refractivity contribution in [3.05, 3.63) is 30.1 Å². The highest BCUT2D eigenvalue weighted by atomic mass is 16.2. The van der Waals surface area contributed by atoms with Crippen LogP contribution in [0.2, 0.25) is 0 Å². The molecule has 0 saturated carbocycles. The van der Waals surface area contributed by atoms with Crippen LogP contribution >= 0.6 is 0 Å². The molecule has 0 unspecified atom stereocenters. The zero-order valence-corrected chi connectivity index (χ0v) is 8.30. The average molecular weight is 204 g/mol. The fourth-order valence-electron chi connectivity index (χ4n) is 1.76. The topological polar surface area (TPSA) is 50.3 Å². The summed E-state index contributed by atoms with van der Waals surface area (Å²) in [6, 6.07) is 3.75. The van der Waals surface area contributed by atoms with E-state index in [1.165, 1.54) is 0 Å². The minimum absolute atomic E-state index is 0.0592. The lowest BCUT2D eigenvalue weighted by molar-refractivity contribution is -0.128. The van der Waals surface area contributed by atoms with Crippen LogP contribution in [0.1, 0.15) is 12.0 Å². The Kier molecular flexibility index (Phi) is 2.76. The van der Waals surface area contributed by atoms with Gasteiger partial charge in [0.15, 0.2) is 0 Å². The van der Waals surface area contributed by atoms with Crippen LogP contribution in [0.5, 0.6) is 0 Å². The molecule has 4 nitrogen and oxygen atoms in total. The molecule has 15 heavy (non-hydrogen) atoms. The number of carbonyl (C=O) groups excluding carboxylic acids is 2. The smallest absolute Gasteiger partial charge is 0.223 e. The quantitative estimate of drug-likeness (QED) is 0.678. The molecule has 1 aromatic heterocycles. The third kappa shape index (κ3) is 2.21. The van der Waals surface area contributed by atoms with E-state index in [0.717, 1.165) is 11.8 Å². The zero-order chi connectivity index (χ0) is 10.7. The number of carbonyl (C=O) groups is 2. The predicted molar refractivity (Wildman–Crippen MR) is 53.8 cm³/mol. The van der Waals surface area contributed by atoms with Gasteiger partial charge in [0.05, 0.1) is 0 Å². The summed E-state index contributed by atoms with van der Waals surface area (Å²) >= 11 is 0. The van der Waals surface area contributed by atoms with Crippen molar-refractivity contribution in [2.75, 3.05) is 6.54 Å². The van der Waals surface area contributed by atoms with E-state index in [4.69, 9.17) is 0 Å². The van der Waals surface area contributed by atoms with Crippen molar-refractivity contribution in [3.8, 4) is 0 Å². The van der Waals surface area contributed by atoms with Gasteiger partial charge < -0.3 is 9.69 Å². The summed E-state index contributed by atoms with van der Waals surface area (Å²) in [7, 11) is 0. The second-order valence-electron chi connectivity index (χ2n) is 3.73. The Morgan fingerprint density at radius 3 is 2.80 bits per heavy atom. The van der Waals surface area contributed by atoms with E-state index in [9.17, 15) is 9.59 Å². The third-order valence-corrected chi connectivity index (χ3v) is 2.56. The molecule has 2 rings (SSSR count). The number of hydrogen-bond donors (Lipinski definition) is 0. The van der Waals surface area contributed by atoms with Gasteiger partial charge in [0.1, 0.15) is 6.29 Å². The van der Waals surface area contributed by atoms with Gasteiger partial charge in [0.2, 0.25) is 5.91 Å². The van der Waals surface area contributed by atoms with Gasteiger partial charge in [-0.05, 0) is 17.7 Å². The van der Waals surface area contributed by atoms with Crippen molar-refractivity contribution < 1.29 is 9.59 Å². The van der Waals surface area contributed by atoms with Gasteiger partial charge in [-0.1, -0.05) is 0 Å². The summed E-state index contributed by atoms with van der Waals surface area (Å²) in [4.78, 5) is 27.7. The molecule has 0 aromatic carbocycles. The molecule has 0 spiro atoms. The lowest BCUT2D eigenvalue weighted by atomic mass is 10.1. The Morgan fingerprint density at radius 1 is 1.47 bits per heavy atom. The summed E-state index contributed by atoms with van der Waals surface area (Å²) < 4.78 is 0. The first kappa shape index (κ1) is 9.83. The van der Waals surface area contributed by atoms with Crippen molar-refractivity contribution in [1.29, 1.82) is 0 Å². The highest BCUT2D eigenvalue weighted by molar-refractivity contribution is 5.82. The molecule has 4 heteroatoms. The van der Waals surface area contributed by atoms with E-state index < -0.39 is 0 Å². The van der Waals surface area contributed by atoms with Gasteiger partial charge in [-0.2, -0.15) is 0 Å². The van der Waals surface area contributed by atoms with Gasteiger partial charge in [-0.25, -0.2) is 0 Å². The van der Waals surface area contributed by atoms with Gasteiger partial charge in [0, 0.05) is 37.8 Å². The van der Waals surface area contributed by atoms with Crippen molar-refractivity contribution >= 4 is 12.2 Å². The maximum atomic E-state index is 11.5. The Morgan fingerprint density at radius 2 is 2.20 bits per heavy atom. The molecule has 0 radical (unpaired) electrons. The number of likely N-dealkylation sites (tertiary alicyclic amines) is 1. The summed E-state index contributed by atoms with van der Waals surface area (Å²) in [5.74, 6) is -0.0664. The van der Waals surface area contributed by atoms with Crippen LogP contribution in [0.25, 0.3) is 0 Å². The Hall–Kier alpha value is -1.71. The molecular weight excluding hydrogens is 192 g/mol. The second kappa shape index (κ2) is 4.21. The number of amides is 1. The van der Waals surface area contributed by atoms with E-state index in [1.807, 2.05) is 12.1 Å². The van der Waals surface area contributed by atoms with Crippen LogP contribution in [0.15, 0.2) is 24.5 Å². The average Bonchev–Trinajstić information content (AvgIpc) is 2.61. The standard InChI is InChI=1S/C11H12N2O2/c14-8-10-5-11(15)13(7-10)6-9-1-3-12-4-2-9/h1-4,8,10H,5-7H2/t10-/m1/s1. The molecule has 1 amide bonds. The third-order valence-electron chi connectivity index (χ3n) is 2.56. The molecule has 1 saturated heterocycles. The number of nitrogens with zero attached hydrogens (tertiary/aromatic N) is 2. The number of rotatable bonds is 3. The minimum Gasteiger partial charge on any atom is -0.338 e. The normalized spacial score (nSPS) is 20.7. The van der Waals surface area contributed by atoms with Crippen LogP contribution in [0.3, 0.4) is 0 Å². The van der Waals surface area contributed by atoms with Crippen molar-refractivity contribution in [2.24, 2.45) is 5.92 Å². The molecule has 1 atom stereocenters. The van der Waals surface area contributed by atoms with Crippen molar-refractivity contribution in [1.82, 2.24) is 9.88 Å². The van der Waals surface area contributed by atoms with E-state index in [0.29, 0.717) is 19.5 Å². The maximum absolute atomic E-state index is 11.5. The first-order chi connectivity index (χ1) is 7.29. The van der Waals surface area contributed by atoms with Gasteiger partial charge >= 0.3 is 0 Å². The maximum Gasteiger partial charge on any atom is 0.223 e. The fourth-order valence-corrected chi connectivity index (χ4v) is 1.76. The van der Waals surface area contributed by atoms with Crippen LogP contribution in [-0.2, 0) is 16.1 Å². The first-order valence-electron chi connectivity index (χ1n) is 4.91. The highest BCUT2D eigenvalue weighted by Gasteiger charge is 2.28. The second-order valence-corrected chi connectivity index (χ2v) is 3.73. The summed E-state index contributed by atoms with van der Waals surface area (Å²) in [5, 5.41) is 0.